The van der Waals surface area contributed by atoms with E-state index in [9.17, 15) is 14.4 Å². The van der Waals surface area contributed by atoms with Crippen LogP contribution in [0.1, 0.15) is 32.1 Å². The van der Waals surface area contributed by atoms with Gasteiger partial charge < -0.3 is 21.5 Å². The van der Waals surface area contributed by atoms with Gasteiger partial charge in [-0.3, -0.25) is 9.59 Å². The minimum Gasteiger partial charge on any atom is -0.480 e. The van der Waals surface area contributed by atoms with Crippen LogP contribution in [0.5, 0.6) is 0 Å². The third kappa shape index (κ3) is 3.69. The Labute approximate surface area is 105 Å². The first-order valence-electron chi connectivity index (χ1n) is 6.00. The van der Waals surface area contributed by atoms with Gasteiger partial charge in [-0.1, -0.05) is 0 Å². The van der Waals surface area contributed by atoms with E-state index < -0.39 is 29.9 Å². The molecule has 7 nitrogen and oxygen atoms in total. The van der Waals surface area contributed by atoms with Gasteiger partial charge in [-0.25, -0.2) is 4.79 Å². The normalized spacial score (nSPS) is 21.4. The molecule has 0 bridgehead atoms. The molecule has 1 saturated heterocycles. The first-order valence-corrected chi connectivity index (χ1v) is 6.00. The number of aliphatic carboxylic acids is 1. The molecule has 0 aromatic carbocycles. The average molecular weight is 257 g/mol. The number of piperidine rings is 1. The molecule has 102 valence electrons. The second-order valence-corrected chi connectivity index (χ2v) is 4.49. The summed E-state index contributed by atoms with van der Waals surface area (Å²) in [4.78, 5) is 35.0. The number of primary amides is 1. The van der Waals surface area contributed by atoms with Crippen LogP contribution in [0, 0.1) is 0 Å². The van der Waals surface area contributed by atoms with Crippen molar-refractivity contribution in [2.45, 2.75) is 44.2 Å². The van der Waals surface area contributed by atoms with E-state index in [4.69, 9.17) is 16.6 Å². The summed E-state index contributed by atoms with van der Waals surface area (Å²) in [6.07, 6.45) is 2.19. The van der Waals surface area contributed by atoms with E-state index >= 15 is 0 Å². The molecule has 5 N–H and O–H groups in total. The van der Waals surface area contributed by atoms with Gasteiger partial charge in [0.25, 0.3) is 0 Å². The first kappa shape index (κ1) is 14.4. The number of nitrogens with zero attached hydrogens (tertiary/aromatic N) is 1. The summed E-state index contributed by atoms with van der Waals surface area (Å²) in [5.41, 5.74) is 10.6. The molecule has 2 amide bonds. The number of carboxylic acids is 1. The number of carbonyl (C=O) groups excluding carboxylic acids is 2. The molecule has 7 heteroatoms. The largest absolute Gasteiger partial charge is 0.480 e. The van der Waals surface area contributed by atoms with Gasteiger partial charge >= 0.3 is 5.97 Å². The molecule has 0 spiro atoms. The van der Waals surface area contributed by atoms with Crippen molar-refractivity contribution >= 4 is 17.8 Å². The van der Waals surface area contributed by atoms with E-state index in [-0.39, 0.29) is 12.8 Å². The second kappa shape index (κ2) is 6.34. The van der Waals surface area contributed by atoms with Crippen LogP contribution in [-0.4, -0.2) is 46.4 Å². The Hall–Kier alpha value is -1.63. The molecular weight excluding hydrogens is 238 g/mol. The number of carboxylic acid groups (broad SMARTS) is 1. The second-order valence-electron chi connectivity index (χ2n) is 4.49. The van der Waals surface area contributed by atoms with Crippen LogP contribution >= 0.6 is 0 Å². The Morgan fingerprint density at radius 2 is 2.00 bits per heavy atom. The zero-order valence-electron chi connectivity index (χ0n) is 10.2. The van der Waals surface area contributed by atoms with Crippen LogP contribution in [-0.2, 0) is 14.4 Å². The molecule has 0 unspecified atom stereocenters. The van der Waals surface area contributed by atoms with Crippen molar-refractivity contribution in [3.05, 3.63) is 0 Å². The lowest BCUT2D eigenvalue weighted by atomic mass is 10.00. The fraction of sp³-hybridized carbons (Fsp3) is 0.727. The van der Waals surface area contributed by atoms with E-state index in [0.29, 0.717) is 13.0 Å². The quantitative estimate of drug-likeness (QED) is 0.585. The van der Waals surface area contributed by atoms with Gasteiger partial charge in [-0.15, -0.1) is 0 Å². The molecule has 0 aliphatic carbocycles. The third-order valence-electron chi connectivity index (χ3n) is 3.09. The highest BCUT2D eigenvalue weighted by atomic mass is 16.4. The van der Waals surface area contributed by atoms with Crippen LogP contribution in [0.25, 0.3) is 0 Å². The molecule has 0 aromatic rings. The molecule has 1 aliphatic rings. The van der Waals surface area contributed by atoms with E-state index in [0.717, 1.165) is 12.8 Å². The summed E-state index contributed by atoms with van der Waals surface area (Å²) in [7, 11) is 0. The highest BCUT2D eigenvalue weighted by molar-refractivity contribution is 5.87. The third-order valence-corrected chi connectivity index (χ3v) is 3.09. The number of amides is 2. The van der Waals surface area contributed by atoms with Crippen LogP contribution in [0.3, 0.4) is 0 Å². The molecule has 0 aromatic heterocycles. The first-order chi connectivity index (χ1) is 8.43. The summed E-state index contributed by atoms with van der Waals surface area (Å²) in [5.74, 6) is -1.94. The smallest absolute Gasteiger partial charge is 0.326 e. The Bertz CT molecular complexity index is 345. The minimum atomic E-state index is -1.01. The molecule has 18 heavy (non-hydrogen) atoms. The molecule has 1 heterocycles. The van der Waals surface area contributed by atoms with Crippen LogP contribution in [0.15, 0.2) is 0 Å². The molecule has 1 fully saturated rings. The van der Waals surface area contributed by atoms with Crippen molar-refractivity contribution < 1.29 is 19.5 Å². The van der Waals surface area contributed by atoms with Crippen molar-refractivity contribution in [1.29, 1.82) is 0 Å². The lowest BCUT2D eigenvalue weighted by Gasteiger charge is -2.34. The fourth-order valence-corrected chi connectivity index (χ4v) is 2.09. The summed E-state index contributed by atoms with van der Waals surface area (Å²) in [6.45, 7) is 0.403. The topological polar surface area (TPSA) is 127 Å². The Kier molecular flexibility index (Phi) is 5.08. The van der Waals surface area contributed by atoms with Crippen molar-refractivity contribution in [3.8, 4) is 0 Å². The van der Waals surface area contributed by atoms with Gasteiger partial charge in [0, 0.05) is 13.0 Å². The monoisotopic (exact) mass is 257 g/mol. The lowest BCUT2D eigenvalue weighted by Crippen LogP contribution is -2.53. The maximum Gasteiger partial charge on any atom is 0.326 e. The number of rotatable bonds is 5. The number of carbonyl (C=O) groups is 3. The van der Waals surface area contributed by atoms with Crippen LogP contribution in [0.2, 0.25) is 0 Å². The molecular formula is C11H19N3O4. The Morgan fingerprint density at radius 3 is 2.56 bits per heavy atom. The van der Waals surface area contributed by atoms with E-state index in [1.165, 1.54) is 4.90 Å². The molecule has 0 radical (unpaired) electrons. The Morgan fingerprint density at radius 1 is 1.33 bits per heavy atom. The van der Waals surface area contributed by atoms with Gasteiger partial charge in [0.2, 0.25) is 11.8 Å². The number of likely N-dealkylation sites (tertiary alicyclic amines) is 1. The summed E-state index contributed by atoms with van der Waals surface area (Å²) in [5, 5.41) is 9.05. The molecule has 1 aliphatic heterocycles. The predicted octanol–water partition coefficient (Wildman–Crippen LogP) is -0.955. The molecule has 1 rings (SSSR count). The van der Waals surface area contributed by atoms with E-state index in [1.807, 2.05) is 0 Å². The average Bonchev–Trinajstić information content (AvgIpc) is 2.34. The lowest BCUT2D eigenvalue weighted by molar-refractivity contribution is -0.152. The van der Waals surface area contributed by atoms with Gasteiger partial charge in [0.15, 0.2) is 0 Å². The van der Waals surface area contributed by atoms with Crippen LogP contribution in [0.4, 0.5) is 0 Å². The van der Waals surface area contributed by atoms with Gasteiger partial charge in [-0.05, 0) is 25.7 Å². The van der Waals surface area contributed by atoms with E-state index in [2.05, 4.69) is 0 Å². The predicted molar refractivity (Wildman–Crippen MR) is 63.4 cm³/mol. The van der Waals surface area contributed by atoms with Gasteiger partial charge in [0.05, 0.1) is 6.04 Å². The SMILES string of the molecule is NC(=O)CC[C@H](N)C(=O)N1CCCC[C@H]1C(=O)O. The van der Waals surface area contributed by atoms with Crippen LogP contribution < -0.4 is 11.5 Å². The zero-order chi connectivity index (χ0) is 13.7. The fourth-order valence-electron chi connectivity index (χ4n) is 2.09. The van der Waals surface area contributed by atoms with E-state index in [1.54, 1.807) is 0 Å². The summed E-state index contributed by atoms with van der Waals surface area (Å²) < 4.78 is 0. The maximum atomic E-state index is 12.0. The van der Waals surface area contributed by atoms with Crippen molar-refractivity contribution in [2.24, 2.45) is 11.5 Å². The number of hydrogen-bond acceptors (Lipinski definition) is 4. The van der Waals surface area contributed by atoms with Gasteiger partial charge in [0.1, 0.15) is 6.04 Å². The highest BCUT2D eigenvalue weighted by Crippen LogP contribution is 2.18. The maximum absolute atomic E-state index is 12.0. The standard InChI is InChI=1S/C11H19N3O4/c12-7(4-5-9(13)15)10(16)14-6-2-1-3-8(14)11(17)18/h7-8H,1-6,12H2,(H2,13,15)(H,17,18)/t7-,8-/m0/s1. The Balaban J connectivity index is 2.62. The summed E-state index contributed by atoms with van der Waals surface area (Å²) >= 11 is 0. The van der Waals surface area contributed by atoms with Crippen molar-refractivity contribution in [1.82, 2.24) is 4.90 Å². The highest BCUT2D eigenvalue weighted by Gasteiger charge is 2.34. The van der Waals surface area contributed by atoms with Crippen molar-refractivity contribution in [3.63, 3.8) is 0 Å². The van der Waals surface area contributed by atoms with Crippen molar-refractivity contribution in [2.75, 3.05) is 6.54 Å². The minimum absolute atomic E-state index is 0.0263. The summed E-state index contributed by atoms with van der Waals surface area (Å²) in [6, 6.07) is -1.66. The number of hydrogen-bond donors (Lipinski definition) is 3. The van der Waals surface area contributed by atoms with Gasteiger partial charge in [-0.2, -0.15) is 0 Å². The molecule has 2 atom stereocenters. The number of nitrogens with two attached hydrogens (primary N) is 2. The molecule has 0 saturated carbocycles. The zero-order valence-corrected chi connectivity index (χ0v) is 10.2.